The van der Waals surface area contributed by atoms with Crippen LogP contribution in [0, 0.1) is 23.7 Å². The second kappa shape index (κ2) is 11.8. The van der Waals surface area contributed by atoms with Gasteiger partial charge in [-0.3, -0.25) is 4.79 Å². The van der Waals surface area contributed by atoms with Crippen LogP contribution in [0.5, 0.6) is 0 Å². The Labute approximate surface area is 217 Å². The fraction of sp³-hybridized carbons (Fsp3) is 0.500. The molecule has 4 aliphatic rings. The maximum atomic E-state index is 12.9. The molecule has 1 atom stereocenters. The fourth-order valence-corrected chi connectivity index (χ4v) is 6.53. The largest absolute Gasteiger partial charge is 0.462 e. The Bertz CT molecular complexity index is 1040. The highest BCUT2D eigenvalue weighted by atomic mass is 16.6. The van der Waals surface area contributed by atoms with Gasteiger partial charge in [-0.25, -0.2) is 9.59 Å². The van der Waals surface area contributed by atoms with Crippen molar-refractivity contribution in [3.63, 3.8) is 0 Å². The van der Waals surface area contributed by atoms with Gasteiger partial charge in [-0.05, 0) is 73.3 Å². The van der Waals surface area contributed by atoms with Crippen LogP contribution in [-0.2, 0) is 37.0 Å². The highest BCUT2D eigenvalue weighted by Crippen LogP contribution is 2.54. The Kier molecular flexibility index (Phi) is 8.07. The lowest BCUT2D eigenvalue weighted by Gasteiger charge is -2.53. The average molecular weight is 506 g/mol. The van der Waals surface area contributed by atoms with Crippen molar-refractivity contribution in [2.75, 3.05) is 0 Å². The van der Waals surface area contributed by atoms with Crippen LogP contribution in [0.15, 0.2) is 60.7 Å². The highest BCUT2D eigenvalue weighted by molar-refractivity contribution is 5.82. The van der Waals surface area contributed by atoms with Gasteiger partial charge >= 0.3 is 18.0 Å². The van der Waals surface area contributed by atoms with E-state index in [-0.39, 0.29) is 38.1 Å². The number of amides is 1. The zero-order valence-electron chi connectivity index (χ0n) is 21.1. The van der Waals surface area contributed by atoms with Gasteiger partial charge < -0.3 is 19.5 Å². The molecule has 2 aromatic carbocycles. The summed E-state index contributed by atoms with van der Waals surface area (Å²) in [4.78, 5) is 38.2. The van der Waals surface area contributed by atoms with E-state index in [2.05, 4.69) is 5.32 Å². The first-order valence-electron chi connectivity index (χ1n) is 13.4. The second-order valence-corrected chi connectivity index (χ2v) is 10.8. The van der Waals surface area contributed by atoms with E-state index in [1.165, 1.54) is 6.42 Å². The minimum Gasteiger partial charge on any atom is -0.462 e. The summed E-state index contributed by atoms with van der Waals surface area (Å²) in [5.41, 5.74) is 1.67. The minimum atomic E-state index is -1.02. The third-order valence-corrected chi connectivity index (χ3v) is 8.06. The predicted octanol–water partition coefficient (Wildman–Crippen LogP) is 5.17. The van der Waals surface area contributed by atoms with Gasteiger partial charge in [0.2, 0.25) is 0 Å². The van der Waals surface area contributed by atoms with Gasteiger partial charge in [-0.1, -0.05) is 60.7 Å². The molecule has 0 unspecified atom stereocenters. The first-order valence-corrected chi connectivity index (χ1v) is 13.4. The SMILES string of the molecule is O=C(CC[C@H](NC(=O)OCc1ccccc1)C(=O)OCc1ccccc1)OC1C2CC3CC(C2)CC1C3. The summed E-state index contributed by atoms with van der Waals surface area (Å²) in [7, 11) is 0. The van der Waals surface area contributed by atoms with Crippen molar-refractivity contribution >= 4 is 18.0 Å². The highest BCUT2D eigenvalue weighted by Gasteiger charge is 2.49. The summed E-state index contributed by atoms with van der Waals surface area (Å²) in [6.07, 6.45) is 5.34. The molecule has 196 valence electrons. The van der Waals surface area contributed by atoms with Crippen molar-refractivity contribution in [2.24, 2.45) is 23.7 Å². The summed E-state index contributed by atoms with van der Waals surface area (Å²) in [6, 6.07) is 17.6. The van der Waals surface area contributed by atoms with Crippen LogP contribution in [0.4, 0.5) is 4.79 Å². The Morgan fingerprint density at radius 2 is 1.30 bits per heavy atom. The lowest BCUT2D eigenvalue weighted by atomic mass is 9.55. The molecule has 37 heavy (non-hydrogen) atoms. The van der Waals surface area contributed by atoms with Crippen LogP contribution in [0.1, 0.15) is 56.1 Å². The Hall–Kier alpha value is -3.35. The summed E-state index contributed by atoms with van der Waals surface area (Å²) < 4.78 is 16.7. The number of ether oxygens (including phenoxy) is 3. The van der Waals surface area contributed by atoms with E-state index in [1.807, 2.05) is 60.7 Å². The van der Waals surface area contributed by atoms with E-state index in [1.54, 1.807) is 0 Å². The molecular formula is C30H35NO6. The molecule has 4 aliphatic carbocycles. The number of nitrogens with one attached hydrogen (secondary N) is 1. The monoisotopic (exact) mass is 505 g/mol. The second-order valence-electron chi connectivity index (χ2n) is 10.8. The van der Waals surface area contributed by atoms with Crippen LogP contribution >= 0.6 is 0 Å². The fourth-order valence-electron chi connectivity index (χ4n) is 6.53. The lowest BCUT2D eigenvalue weighted by molar-refractivity contribution is -0.171. The minimum absolute atomic E-state index is 0.00687. The predicted molar refractivity (Wildman–Crippen MR) is 136 cm³/mol. The Morgan fingerprint density at radius 3 is 1.86 bits per heavy atom. The standard InChI is InChI=1S/C30H35NO6/c32-27(37-28-24-14-22-13-23(16-24)17-25(28)15-22)12-11-26(29(33)35-18-20-7-3-1-4-8-20)31-30(34)36-19-21-9-5-2-6-10-21/h1-10,22-26,28H,11-19H2,(H,31,34)/t22?,23?,24?,25?,26-,28?/m0/s1. The molecule has 7 nitrogen and oxygen atoms in total. The van der Waals surface area contributed by atoms with Crippen molar-refractivity contribution in [3.05, 3.63) is 71.8 Å². The molecule has 6 rings (SSSR count). The van der Waals surface area contributed by atoms with Crippen molar-refractivity contribution in [3.8, 4) is 0 Å². The Balaban J connectivity index is 1.15. The summed E-state index contributed by atoms with van der Waals surface area (Å²) in [5, 5.41) is 2.59. The molecule has 1 amide bonds. The normalized spacial score (nSPS) is 26.2. The van der Waals surface area contributed by atoms with Gasteiger partial charge in [0.05, 0.1) is 0 Å². The van der Waals surface area contributed by atoms with Gasteiger partial charge in [0.1, 0.15) is 25.4 Å². The molecule has 0 spiro atoms. The smallest absolute Gasteiger partial charge is 0.408 e. The summed E-state index contributed by atoms with van der Waals surface area (Å²) in [5.74, 6) is 1.61. The Morgan fingerprint density at radius 1 is 0.757 bits per heavy atom. The third-order valence-electron chi connectivity index (χ3n) is 8.06. The van der Waals surface area contributed by atoms with Gasteiger partial charge in [-0.15, -0.1) is 0 Å². The van der Waals surface area contributed by atoms with E-state index in [9.17, 15) is 14.4 Å². The molecule has 0 heterocycles. The van der Waals surface area contributed by atoms with Crippen LogP contribution in [-0.4, -0.2) is 30.2 Å². The summed E-state index contributed by atoms with van der Waals surface area (Å²) >= 11 is 0. The van der Waals surface area contributed by atoms with E-state index >= 15 is 0 Å². The van der Waals surface area contributed by atoms with Crippen LogP contribution in [0.2, 0.25) is 0 Å². The molecule has 7 heteroatoms. The van der Waals surface area contributed by atoms with Crippen LogP contribution in [0.25, 0.3) is 0 Å². The van der Waals surface area contributed by atoms with Gasteiger partial charge in [0, 0.05) is 6.42 Å². The van der Waals surface area contributed by atoms with Crippen molar-refractivity contribution < 1.29 is 28.6 Å². The van der Waals surface area contributed by atoms with E-state index in [0.29, 0.717) is 11.8 Å². The van der Waals surface area contributed by atoms with Crippen LogP contribution in [0.3, 0.4) is 0 Å². The van der Waals surface area contributed by atoms with E-state index < -0.39 is 18.1 Å². The first kappa shape index (κ1) is 25.3. The first-order chi connectivity index (χ1) is 18.0. The molecule has 4 bridgehead atoms. The molecule has 2 aromatic rings. The quantitative estimate of drug-likeness (QED) is 0.354. The average Bonchev–Trinajstić information content (AvgIpc) is 2.91. The van der Waals surface area contributed by atoms with Crippen molar-refractivity contribution in [1.29, 1.82) is 0 Å². The zero-order valence-corrected chi connectivity index (χ0v) is 21.1. The maximum Gasteiger partial charge on any atom is 0.408 e. The number of carbonyl (C=O) groups excluding carboxylic acids is 3. The molecule has 0 radical (unpaired) electrons. The molecule has 0 aliphatic heterocycles. The lowest BCUT2D eigenvalue weighted by Crippen LogP contribution is -2.50. The van der Waals surface area contributed by atoms with Gasteiger partial charge in [0.15, 0.2) is 0 Å². The van der Waals surface area contributed by atoms with Crippen LogP contribution < -0.4 is 5.32 Å². The number of hydrogen-bond donors (Lipinski definition) is 1. The molecule has 0 aromatic heterocycles. The molecule has 4 fully saturated rings. The molecule has 4 saturated carbocycles. The van der Waals surface area contributed by atoms with Crippen molar-refractivity contribution in [1.82, 2.24) is 5.32 Å². The third kappa shape index (κ3) is 6.70. The molecule has 1 N–H and O–H groups in total. The number of rotatable bonds is 10. The van der Waals surface area contributed by atoms with E-state index in [4.69, 9.17) is 14.2 Å². The number of alkyl carbamates (subject to hydrolysis) is 1. The van der Waals surface area contributed by atoms with Gasteiger partial charge in [0.25, 0.3) is 0 Å². The topological polar surface area (TPSA) is 90.9 Å². The van der Waals surface area contributed by atoms with E-state index in [0.717, 1.165) is 48.6 Å². The molecule has 0 saturated heterocycles. The number of hydrogen-bond acceptors (Lipinski definition) is 6. The van der Waals surface area contributed by atoms with Crippen molar-refractivity contribution in [2.45, 2.75) is 70.3 Å². The van der Waals surface area contributed by atoms with Gasteiger partial charge in [-0.2, -0.15) is 0 Å². The number of benzene rings is 2. The maximum absolute atomic E-state index is 12.9. The molecular weight excluding hydrogens is 470 g/mol. The number of esters is 2. The zero-order chi connectivity index (χ0) is 25.6. The number of carbonyl (C=O) groups is 3. The summed E-state index contributed by atoms with van der Waals surface area (Å²) in [6.45, 7) is 0.155.